The van der Waals surface area contributed by atoms with Gasteiger partial charge in [0.05, 0.1) is 34.1 Å². The Kier molecular flexibility index (Phi) is 5.01. The van der Waals surface area contributed by atoms with E-state index in [9.17, 15) is 31.7 Å². The van der Waals surface area contributed by atoms with E-state index in [-0.39, 0.29) is 29.5 Å². The third kappa shape index (κ3) is 3.18. The zero-order valence-electron chi connectivity index (χ0n) is 15.5. The van der Waals surface area contributed by atoms with Crippen LogP contribution in [0.2, 0.25) is 0 Å². The molecule has 3 atom stereocenters. The topological polar surface area (TPSA) is 135 Å². The highest BCUT2D eigenvalue weighted by molar-refractivity contribution is 7.89. The molecule has 1 amide bonds. The molecule has 154 valence electrons. The molecule has 0 aromatic heterocycles. The van der Waals surface area contributed by atoms with E-state index in [1.165, 1.54) is 4.31 Å². The quantitative estimate of drug-likeness (QED) is 0.497. The molecular weight excluding hydrogens is 410 g/mol. The van der Waals surface area contributed by atoms with Crippen molar-refractivity contribution < 1.29 is 26.6 Å². The van der Waals surface area contributed by atoms with Crippen molar-refractivity contribution in [1.82, 2.24) is 8.61 Å². The number of nitrogens with zero attached hydrogens (tertiary/aromatic N) is 3. The SMILES string of the molecule is CC(C)[C@H]1C(=O)N(S(C)(=O)=O)[C@H]2CCN(S(=O)(=O)c3ccc([N+](=O)[O-])cc3)[C@H]12. The van der Waals surface area contributed by atoms with E-state index in [2.05, 4.69) is 0 Å². The molecule has 1 aromatic carbocycles. The van der Waals surface area contributed by atoms with Gasteiger partial charge in [-0.05, 0) is 24.5 Å². The molecule has 0 unspecified atom stereocenters. The van der Waals surface area contributed by atoms with E-state index in [4.69, 9.17) is 0 Å². The molecule has 2 heterocycles. The molecule has 2 fully saturated rings. The normalized spacial score (nSPS) is 26.1. The highest BCUT2D eigenvalue weighted by atomic mass is 32.2. The molecule has 0 radical (unpaired) electrons. The van der Waals surface area contributed by atoms with Crippen LogP contribution in [-0.2, 0) is 24.8 Å². The smallest absolute Gasteiger partial charge is 0.269 e. The van der Waals surface area contributed by atoms with Crippen LogP contribution in [0.3, 0.4) is 0 Å². The second-order valence-corrected chi connectivity index (χ2v) is 11.1. The fourth-order valence-electron chi connectivity index (χ4n) is 4.15. The van der Waals surface area contributed by atoms with Crippen LogP contribution in [0, 0.1) is 22.0 Å². The first-order valence-electron chi connectivity index (χ1n) is 8.67. The van der Waals surface area contributed by atoms with Crippen LogP contribution in [0.1, 0.15) is 20.3 Å². The predicted molar refractivity (Wildman–Crippen MR) is 99.2 cm³/mol. The number of nitro groups is 1. The van der Waals surface area contributed by atoms with Crippen molar-refractivity contribution in [3.8, 4) is 0 Å². The number of carbonyl (C=O) groups is 1. The van der Waals surface area contributed by atoms with Crippen LogP contribution < -0.4 is 0 Å². The van der Waals surface area contributed by atoms with Gasteiger partial charge < -0.3 is 0 Å². The van der Waals surface area contributed by atoms with Crippen molar-refractivity contribution in [3.63, 3.8) is 0 Å². The molecule has 1 aromatic rings. The summed E-state index contributed by atoms with van der Waals surface area (Å²) in [5.41, 5.74) is -0.238. The number of sulfonamides is 2. The summed E-state index contributed by atoms with van der Waals surface area (Å²) >= 11 is 0. The first-order valence-corrected chi connectivity index (χ1v) is 12.0. The van der Waals surface area contributed by atoms with E-state index < -0.39 is 48.9 Å². The summed E-state index contributed by atoms with van der Waals surface area (Å²) in [5.74, 6) is -1.63. The Morgan fingerprint density at radius 2 is 1.71 bits per heavy atom. The molecule has 0 spiro atoms. The van der Waals surface area contributed by atoms with Gasteiger partial charge in [0, 0.05) is 18.7 Å². The Bertz CT molecular complexity index is 1020. The van der Waals surface area contributed by atoms with Crippen molar-refractivity contribution in [2.75, 3.05) is 12.8 Å². The standard InChI is InChI=1S/C16H21N3O7S2/c1-10(2)14-15-13(18(16(14)20)27(3,23)24)8-9-17(15)28(25,26)12-6-4-11(5-7-12)19(21)22/h4-7,10,13-15H,8-9H2,1-3H3/t13-,14+,15-/m0/s1. The van der Waals surface area contributed by atoms with E-state index in [0.717, 1.165) is 34.8 Å². The highest BCUT2D eigenvalue weighted by Gasteiger charge is 2.59. The third-order valence-corrected chi connectivity index (χ3v) is 8.35. The number of nitro benzene ring substituents is 1. The zero-order valence-corrected chi connectivity index (χ0v) is 17.2. The average Bonchev–Trinajstić information content (AvgIpc) is 3.10. The molecule has 2 saturated heterocycles. The number of carbonyl (C=O) groups excluding carboxylic acids is 1. The molecule has 0 aliphatic carbocycles. The van der Waals surface area contributed by atoms with Crippen LogP contribution >= 0.6 is 0 Å². The number of hydrogen-bond acceptors (Lipinski definition) is 7. The second-order valence-electron chi connectivity index (χ2n) is 7.38. The summed E-state index contributed by atoms with van der Waals surface area (Å²) < 4.78 is 52.6. The van der Waals surface area contributed by atoms with Gasteiger partial charge in [-0.1, -0.05) is 13.8 Å². The summed E-state index contributed by atoms with van der Waals surface area (Å²) in [4.78, 5) is 22.8. The van der Waals surface area contributed by atoms with Gasteiger partial charge in [0.2, 0.25) is 26.0 Å². The highest BCUT2D eigenvalue weighted by Crippen LogP contribution is 2.43. The average molecular weight is 431 g/mol. The van der Waals surface area contributed by atoms with Gasteiger partial charge in [0.1, 0.15) is 0 Å². The van der Waals surface area contributed by atoms with E-state index in [0.29, 0.717) is 0 Å². The summed E-state index contributed by atoms with van der Waals surface area (Å²) in [6.07, 6.45) is 1.15. The molecule has 0 bridgehead atoms. The first kappa shape index (κ1) is 20.7. The molecule has 0 N–H and O–H groups in total. The summed E-state index contributed by atoms with van der Waals surface area (Å²) in [6.45, 7) is 3.57. The van der Waals surface area contributed by atoms with Crippen molar-refractivity contribution >= 4 is 31.6 Å². The zero-order chi connectivity index (χ0) is 21.0. The minimum atomic E-state index is -4.06. The Labute approximate surface area is 163 Å². The molecule has 28 heavy (non-hydrogen) atoms. The van der Waals surface area contributed by atoms with E-state index in [1.54, 1.807) is 13.8 Å². The van der Waals surface area contributed by atoms with Gasteiger partial charge in [-0.15, -0.1) is 0 Å². The lowest BCUT2D eigenvalue weighted by Crippen LogP contribution is -2.44. The second kappa shape index (κ2) is 6.78. The third-order valence-electron chi connectivity index (χ3n) is 5.27. The lowest BCUT2D eigenvalue weighted by molar-refractivity contribution is -0.384. The van der Waals surface area contributed by atoms with Gasteiger partial charge in [0.15, 0.2) is 0 Å². The van der Waals surface area contributed by atoms with Crippen LogP contribution in [-0.4, -0.2) is 61.2 Å². The molecule has 0 saturated carbocycles. The molecule has 2 aliphatic heterocycles. The van der Waals surface area contributed by atoms with Crippen LogP contribution in [0.5, 0.6) is 0 Å². The molecular formula is C16H21N3O7S2. The number of amides is 1. The molecule has 10 nitrogen and oxygen atoms in total. The maximum Gasteiger partial charge on any atom is 0.269 e. The van der Waals surface area contributed by atoms with Crippen molar-refractivity contribution in [2.45, 2.75) is 37.2 Å². The molecule has 12 heteroatoms. The van der Waals surface area contributed by atoms with Gasteiger partial charge in [-0.3, -0.25) is 14.9 Å². The summed E-state index contributed by atoms with van der Waals surface area (Å²) in [7, 11) is -7.89. The first-order chi connectivity index (χ1) is 12.9. The van der Waals surface area contributed by atoms with Gasteiger partial charge in [0.25, 0.3) is 5.69 Å². The van der Waals surface area contributed by atoms with E-state index >= 15 is 0 Å². The Morgan fingerprint density at radius 3 is 2.18 bits per heavy atom. The predicted octanol–water partition coefficient (Wildman–Crippen LogP) is 0.800. The van der Waals surface area contributed by atoms with Crippen LogP contribution in [0.15, 0.2) is 29.2 Å². The Morgan fingerprint density at radius 1 is 1.14 bits per heavy atom. The number of non-ortho nitro benzene ring substituents is 1. The Balaban J connectivity index is 2.04. The van der Waals surface area contributed by atoms with Crippen molar-refractivity contribution in [3.05, 3.63) is 34.4 Å². The van der Waals surface area contributed by atoms with Crippen molar-refractivity contribution in [2.24, 2.45) is 11.8 Å². The van der Waals surface area contributed by atoms with Gasteiger partial charge >= 0.3 is 0 Å². The molecule has 2 aliphatic rings. The fourth-order valence-corrected chi connectivity index (χ4v) is 7.01. The maximum atomic E-state index is 13.2. The molecule has 3 rings (SSSR count). The maximum absolute atomic E-state index is 13.2. The van der Waals surface area contributed by atoms with Crippen LogP contribution in [0.4, 0.5) is 5.69 Å². The van der Waals surface area contributed by atoms with Crippen LogP contribution in [0.25, 0.3) is 0 Å². The van der Waals surface area contributed by atoms with Crippen molar-refractivity contribution in [1.29, 1.82) is 0 Å². The summed E-state index contributed by atoms with van der Waals surface area (Å²) in [6, 6.07) is 2.95. The fraction of sp³-hybridized carbons (Fsp3) is 0.562. The Hall–Kier alpha value is -2.05. The van der Waals surface area contributed by atoms with Gasteiger partial charge in [-0.2, -0.15) is 4.31 Å². The number of fused-ring (bicyclic) bond motifs is 1. The van der Waals surface area contributed by atoms with Gasteiger partial charge in [-0.25, -0.2) is 21.1 Å². The lowest BCUT2D eigenvalue weighted by atomic mass is 9.89. The van der Waals surface area contributed by atoms with E-state index in [1.807, 2.05) is 0 Å². The number of rotatable bonds is 5. The minimum absolute atomic E-state index is 0.0666. The number of benzene rings is 1. The monoisotopic (exact) mass is 431 g/mol. The minimum Gasteiger partial charge on any atom is -0.273 e. The summed E-state index contributed by atoms with van der Waals surface area (Å²) in [5, 5.41) is 10.8. The largest absolute Gasteiger partial charge is 0.273 e. The lowest BCUT2D eigenvalue weighted by Gasteiger charge is -2.28. The number of hydrogen-bond donors (Lipinski definition) is 0.